The number of carboxylic acids is 2. The topological polar surface area (TPSA) is 142 Å². The monoisotopic (exact) mass is 331 g/mol. The van der Waals surface area contributed by atoms with E-state index in [1.807, 2.05) is 4.90 Å². The first-order valence-corrected chi connectivity index (χ1v) is 7.74. The molecule has 0 spiro atoms. The quantitative estimate of drug-likeness (QED) is 0.427. The Hall–Kier alpha value is -1.87. The van der Waals surface area contributed by atoms with E-state index in [-0.39, 0.29) is 19.2 Å². The maximum atomic E-state index is 11.6. The third kappa shape index (κ3) is 8.36. The number of carbonyl (C=O) groups is 3. The largest absolute Gasteiger partial charge is 0.480 e. The van der Waals surface area contributed by atoms with E-state index in [1.165, 1.54) is 0 Å². The Morgan fingerprint density at radius 3 is 2.43 bits per heavy atom. The van der Waals surface area contributed by atoms with Gasteiger partial charge in [0.25, 0.3) is 0 Å². The van der Waals surface area contributed by atoms with Crippen molar-refractivity contribution >= 4 is 18.0 Å². The van der Waals surface area contributed by atoms with Crippen LogP contribution in [0.5, 0.6) is 0 Å². The fourth-order valence-corrected chi connectivity index (χ4v) is 2.39. The van der Waals surface area contributed by atoms with Crippen LogP contribution in [-0.4, -0.2) is 71.5 Å². The second kappa shape index (κ2) is 10.0. The van der Waals surface area contributed by atoms with E-state index in [0.29, 0.717) is 45.2 Å². The standard InChI is InChI=1S/C14H25N3O6/c15-11(13(20)21)3-1-2-8-23-14(22)16-10-4-6-17(7-5-10)9-12(18)19/h10-11H,1-9,15H2,(H,16,22)(H,18,19)(H,20,21). The SMILES string of the molecule is NC(CCCCOC(=O)NC1CCN(CC(=O)O)CC1)C(=O)O. The summed E-state index contributed by atoms with van der Waals surface area (Å²) in [5.74, 6) is -1.88. The molecule has 5 N–H and O–H groups in total. The van der Waals surface area contributed by atoms with Crippen LogP contribution < -0.4 is 11.1 Å². The van der Waals surface area contributed by atoms with Gasteiger partial charge in [0.2, 0.25) is 0 Å². The third-order valence-corrected chi connectivity index (χ3v) is 3.73. The van der Waals surface area contributed by atoms with Gasteiger partial charge in [0.05, 0.1) is 13.2 Å². The third-order valence-electron chi connectivity index (χ3n) is 3.73. The van der Waals surface area contributed by atoms with Gasteiger partial charge in [-0.25, -0.2) is 4.79 Å². The van der Waals surface area contributed by atoms with Crippen molar-refractivity contribution in [2.24, 2.45) is 5.73 Å². The molecule has 0 radical (unpaired) electrons. The van der Waals surface area contributed by atoms with Gasteiger partial charge in [-0.3, -0.25) is 14.5 Å². The van der Waals surface area contributed by atoms with Crippen molar-refractivity contribution in [3.05, 3.63) is 0 Å². The lowest BCUT2D eigenvalue weighted by Gasteiger charge is -2.30. The molecule has 1 rings (SSSR count). The summed E-state index contributed by atoms with van der Waals surface area (Å²) in [7, 11) is 0. The van der Waals surface area contributed by atoms with Crippen LogP contribution in [0, 0.1) is 0 Å². The number of hydrogen-bond donors (Lipinski definition) is 4. The summed E-state index contributed by atoms with van der Waals surface area (Å²) >= 11 is 0. The van der Waals surface area contributed by atoms with Gasteiger partial charge in [-0.05, 0) is 32.1 Å². The van der Waals surface area contributed by atoms with Gasteiger partial charge in [-0.1, -0.05) is 0 Å². The van der Waals surface area contributed by atoms with Crippen molar-refractivity contribution in [3.63, 3.8) is 0 Å². The molecular weight excluding hydrogens is 306 g/mol. The van der Waals surface area contributed by atoms with Crippen LogP contribution in [-0.2, 0) is 14.3 Å². The van der Waals surface area contributed by atoms with Gasteiger partial charge in [-0.15, -0.1) is 0 Å². The van der Waals surface area contributed by atoms with Gasteiger partial charge in [-0.2, -0.15) is 0 Å². The highest BCUT2D eigenvalue weighted by atomic mass is 16.5. The van der Waals surface area contributed by atoms with Gasteiger partial charge in [0, 0.05) is 19.1 Å². The summed E-state index contributed by atoms with van der Waals surface area (Å²) in [4.78, 5) is 34.6. The molecule has 9 heteroatoms. The number of unbranched alkanes of at least 4 members (excludes halogenated alkanes) is 1. The average molecular weight is 331 g/mol. The molecule has 9 nitrogen and oxygen atoms in total. The number of carbonyl (C=O) groups excluding carboxylic acids is 1. The number of rotatable bonds is 9. The zero-order chi connectivity index (χ0) is 17.2. The number of alkyl carbamates (subject to hydrolysis) is 1. The summed E-state index contributed by atoms with van der Waals surface area (Å²) in [6.07, 6.45) is 2.37. The number of likely N-dealkylation sites (tertiary alicyclic amines) is 1. The highest BCUT2D eigenvalue weighted by Crippen LogP contribution is 2.10. The van der Waals surface area contributed by atoms with E-state index in [9.17, 15) is 14.4 Å². The zero-order valence-corrected chi connectivity index (χ0v) is 13.1. The Morgan fingerprint density at radius 2 is 1.87 bits per heavy atom. The molecule has 1 aliphatic rings. The Bertz CT molecular complexity index is 409. The van der Waals surface area contributed by atoms with Crippen molar-refractivity contribution in [2.45, 2.75) is 44.2 Å². The van der Waals surface area contributed by atoms with E-state index in [2.05, 4.69) is 5.32 Å². The minimum atomic E-state index is -1.03. The number of carboxylic acid groups (broad SMARTS) is 2. The normalized spacial score (nSPS) is 17.4. The lowest BCUT2D eigenvalue weighted by Crippen LogP contribution is -2.46. The Morgan fingerprint density at radius 1 is 1.22 bits per heavy atom. The summed E-state index contributed by atoms with van der Waals surface area (Å²) in [6, 6.07) is -0.882. The van der Waals surface area contributed by atoms with Gasteiger partial charge >= 0.3 is 18.0 Å². The number of piperidine rings is 1. The molecule has 0 saturated carbocycles. The van der Waals surface area contributed by atoms with E-state index in [4.69, 9.17) is 20.7 Å². The molecular formula is C14H25N3O6. The molecule has 0 aromatic rings. The molecule has 1 fully saturated rings. The lowest BCUT2D eigenvalue weighted by molar-refractivity contribution is -0.139. The predicted molar refractivity (Wildman–Crippen MR) is 81.0 cm³/mol. The number of nitrogens with one attached hydrogen (secondary N) is 1. The first-order chi connectivity index (χ1) is 10.9. The molecule has 0 aromatic heterocycles. The maximum absolute atomic E-state index is 11.6. The molecule has 1 saturated heterocycles. The summed E-state index contributed by atoms with van der Waals surface area (Å²) in [5.41, 5.74) is 5.36. The molecule has 1 aliphatic heterocycles. The number of nitrogens with zero attached hydrogens (tertiary/aromatic N) is 1. The number of ether oxygens (including phenoxy) is 1. The van der Waals surface area contributed by atoms with E-state index in [0.717, 1.165) is 0 Å². The summed E-state index contributed by atoms with van der Waals surface area (Å²) < 4.78 is 5.03. The molecule has 1 unspecified atom stereocenters. The van der Waals surface area contributed by atoms with Crippen molar-refractivity contribution in [3.8, 4) is 0 Å². The first kappa shape index (κ1) is 19.2. The number of hydrogen-bond acceptors (Lipinski definition) is 6. The average Bonchev–Trinajstić information content (AvgIpc) is 2.48. The van der Waals surface area contributed by atoms with Crippen LogP contribution in [0.1, 0.15) is 32.1 Å². The van der Waals surface area contributed by atoms with E-state index >= 15 is 0 Å². The van der Waals surface area contributed by atoms with Gasteiger partial charge in [0.15, 0.2) is 0 Å². The van der Waals surface area contributed by atoms with Crippen molar-refractivity contribution in [1.82, 2.24) is 10.2 Å². The fraction of sp³-hybridized carbons (Fsp3) is 0.786. The minimum Gasteiger partial charge on any atom is -0.480 e. The van der Waals surface area contributed by atoms with E-state index in [1.54, 1.807) is 0 Å². The maximum Gasteiger partial charge on any atom is 0.407 e. The molecule has 0 bridgehead atoms. The first-order valence-electron chi connectivity index (χ1n) is 7.74. The van der Waals surface area contributed by atoms with Crippen molar-refractivity contribution in [2.75, 3.05) is 26.2 Å². The van der Waals surface area contributed by atoms with Crippen LogP contribution in [0.2, 0.25) is 0 Å². The molecule has 1 heterocycles. The Labute approximate surface area is 134 Å². The fourth-order valence-electron chi connectivity index (χ4n) is 2.39. The van der Waals surface area contributed by atoms with Crippen LogP contribution in [0.4, 0.5) is 4.79 Å². The summed E-state index contributed by atoms with van der Waals surface area (Å²) in [5, 5.41) is 20.1. The second-order valence-electron chi connectivity index (χ2n) is 5.66. The highest BCUT2D eigenvalue weighted by Gasteiger charge is 2.22. The Kier molecular flexibility index (Phi) is 8.35. The second-order valence-corrected chi connectivity index (χ2v) is 5.66. The predicted octanol–water partition coefficient (Wildman–Crippen LogP) is -0.156. The molecule has 23 heavy (non-hydrogen) atoms. The van der Waals surface area contributed by atoms with E-state index < -0.39 is 24.1 Å². The van der Waals surface area contributed by atoms with Gasteiger partial charge in [0.1, 0.15) is 6.04 Å². The lowest BCUT2D eigenvalue weighted by atomic mass is 10.1. The van der Waals surface area contributed by atoms with Crippen LogP contribution in [0.25, 0.3) is 0 Å². The molecule has 0 aromatic carbocycles. The molecule has 132 valence electrons. The number of amides is 1. The summed E-state index contributed by atoms with van der Waals surface area (Å²) in [6.45, 7) is 1.50. The Balaban J connectivity index is 2.06. The molecule has 1 amide bonds. The van der Waals surface area contributed by atoms with Crippen molar-refractivity contribution < 1.29 is 29.3 Å². The number of nitrogens with two attached hydrogens (primary N) is 1. The molecule has 0 aliphatic carbocycles. The van der Waals surface area contributed by atoms with Crippen LogP contribution in [0.15, 0.2) is 0 Å². The highest BCUT2D eigenvalue weighted by molar-refractivity contribution is 5.73. The van der Waals surface area contributed by atoms with Crippen LogP contribution in [0.3, 0.4) is 0 Å². The molecule has 1 atom stereocenters. The smallest absolute Gasteiger partial charge is 0.407 e. The minimum absolute atomic E-state index is 0.00650. The van der Waals surface area contributed by atoms with Gasteiger partial charge < -0.3 is 26.0 Å². The number of aliphatic carboxylic acids is 2. The van der Waals surface area contributed by atoms with Crippen molar-refractivity contribution in [1.29, 1.82) is 0 Å². The zero-order valence-electron chi connectivity index (χ0n) is 13.1. The van der Waals surface area contributed by atoms with Crippen LogP contribution >= 0.6 is 0 Å².